The highest BCUT2D eigenvalue weighted by atomic mass is 32.1. The van der Waals surface area contributed by atoms with Gasteiger partial charge in [0.1, 0.15) is 17.4 Å². The molecule has 0 unspecified atom stereocenters. The van der Waals surface area contributed by atoms with Crippen molar-refractivity contribution in [2.75, 3.05) is 38.1 Å². The molecule has 16 heteroatoms. The normalized spacial score (nSPS) is 13.8. The fourth-order valence-electron chi connectivity index (χ4n) is 4.35. The maximum absolute atomic E-state index is 13.5. The zero-order valence-electron chi connectivity index (χ0n) is 22.5. The summed E-state index contributed by atoms with van der Waals surface area (Å²) < 4.78 is 51.6. The van der Waals surface area contributed by atoms with E-state index in [0.29, 0.717) is 42.8 Å². The van der Waals surface area contributed by atoms with Crippen LogP contribution in [0.2, 0.25) is 0 Å². The summed E-state index contributed by atoms with van der Waals surface area (Å²) in [5, 5.41) is 12.3. The highest BCUT2D eigenvalue weighted by Gasteiger charge is 2.34. The van der Waals surface area contributed by atoms with E-state index in [4.69, 9.17) is 9.15 Å². The van der Waals surface area contributed by atoms with E-state index in [9.17, 15) is 22.8 Å². The van der Waals surface area contributed by atoms with E-state index < -0.39 is 23.7 Å². The number of alkyl halides is 3. The molecule has 1 fully saturated rings. The van der Waals surface area contributed by atoms with E-state index in [-0.39, 0.29) is 28.2 Å². The first-order chi connectivity index (χ1) is 20.2. The lowest BCUT2D eigenvalue weighted by Crippen LogP contribution is -2.29. The van der Waals surface area contributed by atoms with Crippen molar-refractivity contribution in [3.05, 3.63) is 46.2 Å². The number of urea groups is 1. The smallest absolute Gasteiger partial charge is 0.434 e. The Bertz CT molecular complexity index is 1600. The number of pyridine rings is 2. The number of hydrogen-bond donors (Lipinski definition) is 3. The molecule has 1 aliphatic rings. The topological polar surface area (TPSA) is 151 Å². The van der Waals surface area contributed by atoms with Gasteiger partial charge in [0.2, 0.25) is 5.88 Å². The lowest BCUT2D eigenvalue weighted by Gasteiger charge is -2.17. The molecule has 42 heavy (non-hydrogen) atoms. The van der Waals surface area contributed by atoms with E-state index in [1.807, 2.05) is 6.92 Å². The summed E-state index contributed by atoms with van der Waals surface area (Å²) in [6.45, 7) is 5.25. The van der Waals surface area contributed by atoms with Crippen LogP contribution < -0.4 is 21.1 Å². The average Bonchev–Trinajstić information content (AvgIpc) is 3.74. The standard InChI is InChI=1S/C26H27F3N8O4S/c1-2-5-30-24(38)34-20-11-17(23-33-19(14-42-23)26(27,28)29)18(13-31-20)16-10-15(21-35-36-25(39)41-21)12-32-22(16)40-9-8-37-6-3-4-7-37/h10-14H,2-9H2,1H3,(H,36,39)(H2,30,31,34,38). The number of ether oxygens (including phenoxy) is 1. The summed E-state index contributed by atoms with van der Waals surface area (Å²) in [7, 11) is 0. The maximum atomic E-state index is 13.5. The number of thiazole rings is 1. The van der Waals surface area contributed by atoms with Crippen molar-refractivity contribution in [2.24, 2.45) is 0 Å². The third-order valence-corrected chi connectivity index (χ3v) is 7.25. The summed E-state index contributed by atoms with van der Waals surface area (Å²) in [5.74, 6) is -0.511. The molecule has 5 rings (SSSR count). The summed E-state index contributed by atoms with van der Waals surface area (Å²) in [6, 6.07) is 2.52. The number of nitrogens with one attached hydrogen (secondary N) is 3. The first-order valence-corrected chi connectivity index (χ1v) is 14.1. The molecule has 0 spiro atoms. The second-order valence-electron chi connectivity index (χ2n) is 9.42. The molecule has 1 aliphatic heterocycles. The molecular formula is C26H27F3N8O4S. The molecule has 2 amide bonds. The second kappa shape index (κ2) is 12.7. The van der Waals surface area contributed by atoms with Crippen LogP contribution in [0.15, 0.2) is 39.1 Å². The minimum absolute atomic E-state index is 0.0358. The van der Waals surface area contributed by atoms with Crippen molar-refractivity contribution < 1.29 is 27.1 Å². The van der Waals surface area contributed by atoms with Crippen LogP contribution in [0.4, 0.5) is 23.8 Å². The highest BCUT2D eigenvalue weighted by Crippen LogP contribution is 2.41. The third-order valence-electron chi connectivity index (χ3n) is 6.38. The number of nitrogens with zero attached hydrogens (tertiary/aromatic N) is 5. The van der Waals surface area contributed by atoms with Gasteiger partial charge in [-0.1, -0.05) is 6.92 Å². The number of carbonyl (C=O) groups is 1. The summed E-state index contributed by atoms with van der Waals surface area (Å²) in [5.41, 5.74) is 0.210. The van der Waals surface area contributed by atoms with Crippen molar-refractivity contribution in [1.82, 2.24) is 35.4 Å². The number of H-pyrrole nitrogens is 1. The van der Waals surface area contributed by atoms with Gasteiger partial charge in [0, 0.05) is 47.6 Å². The molecule has 5 heterocycles. The molecule has 0 saturated carbocycles. The number of anilines is 1. The van der Waals surface area contributed by atoms with Crippen LogP contribution in [-0.2, 0) is 6.18 Å². The van der Waals surface area contributed by atoms with E-state index >= 15 is 0 Å². The Morgan fingerprint density at radius 1 is 1.17 bits per heavy atom. The van der Waals surface area contributed by atoms with Gasteiger partial charge in [-0.15, -0.1) is 16.4 Å². The molecule has 3 N–H and O–H groups in total. The molecule has 1 saturated heterocycles. The van der Waals surface area contributed by atoms with Crippen LogP contribution in [0.1, 0.15) is 31.9 Å². The minimum atomic E-state index is -4.65. The van der Waals surface area contributed by atoms with Crippen LogP contribution in [0.25, 0.3) is 33.2 Å². The fourth-order valence-corrected chi connectivity index (χ4v) is 5.21. The number of likely N-dealkylation sites (tertiary alicyclic amines) is 1. The molecule has 0 aliphatic carbocycles. The first kappa shape index (κ1) is 29.2. The molecule has 12 nitrogen and oxygen atoms in total. The van der Waals surface area contributed by atoms with Crippen molar-refractivity contribution >= 4 is 23.2 Å². The van der Waals surface area contributed by atoms with E-state index in [2.05, 4.69) is 40.7 Å². The largest absolute Gasteiger partial charge is 0.476 e. The van der Waals surface area contributed by atoms with Crippen molar-refractivity contribution in [3.63, 3.8) is 0 Å². The predicted octanol–water partition coefficient (Wildman–Crippen LogP) is 4.64. The quantitative estimate of drug-likeness (QED) is 0.235. The number of aromatic nitrogens is 5. The van der Waals surface area contributed by atoms with Gasteiger partial charge in [0.25, 0.3) is 5.89 Å². The molecule has 0 bridgehead atoms. The Morgan fingerprint density at radius 3 is 2.67 bits per heavy atom. The predicted molar refractivity (Wildman–Crippen MR) is 148 cm³/mol. The number of amides is 2. The van der Waals surface area contributed by atoms with Gasteiger partial charge in [0.05, 0.1) is 5.56 Å². The highest BCUT2D eigenvalue weighted by molar-refractivity contribution is 7.13. The van der Waals surface area contributed by atoms with Gasteiger partial charge < -0.3 is 14.5 Å². The monoisotopic (exact) mass is 604 g/mol. The van der Waals surface area contributed by atoms with Crippen LogP contribution in [-0.4, -0.2) is 68.9 Å². The number of halogens is 3. The van der Waals surface area contributed by atoms with Crippen LogP contribution in [0.5, 0.6) is 5.88 Å². The SMILES string of the molecule is CCCNC(=O)Nc1cc(-c2nc(C(F)(F)F)cs2)c(-c2cc(-c3n[nH]c(=O)o3)cnc2OCCN2CCCC2)cn1. The molecule has 4 aromatic heterocycles. The fraction of sp³-hybridized carbons (Fsp3) is 0.385. The van der Waals surface area contributed by atoms with Crippen molar-refractivity contribution in [1.29, 1.82) is 0 Å². The Labute approximate surface area is 241 Å². The Balaban J connectivity index is 1.58. The molecule has 0 atom stereocenters. The lowest BCUT2D eigenvalue weighted by molar-refractivity contribution is -0.140. The zero-order chi connectivity index (χ0) is 29.7. The van der Waals surface area contributed by atoms with Gasteiger partial charge in [-0.25, -0.2) is 29.6 Å². The second-order valence-corrected chi connectivity index (χ2v) is 10.3. The maximum Gasteiger partial charge on any atom is 0.434 e. The molecular weight excluding hydrogens is 577 g/mol. The Hall–Kier alpha value is -4.31. The lowest BCUT2D eigenvalue weighted by atomic mass is 10.0. The van der Waals surface area contributed by atoms with Crippen LogP contribution in [0, 0.1) is 0 Å². The average molecular weight is 605 g/mol. The number of carbonyl (C=O) groups excluding carboxylic acids is 1. The molecule has 222 valence electrons. The van der Waals surface area contributed by atoms with Gasteiger partial charge >= 0.3 is 18.0 Å². The minimum Gasteiger partial charge on any atom is -0.476 e. The Kier molecular flexibility index (Phi) is 8.82. The van der Waals surface area contributed by atoms with Crippen molar-refractivity contribution in [3.8, 4) is 39.0 Å². The number of aromatic amines is 1. The zero-order valence-corrected chi connectivity index (χ0v) is 23.3. The van der Waals surface area contributed by atoms with Gasteiger partial charge in [-0.2, -0.15) is 13.2 Å². The molecule has 0 radical (unpaired) electrons. The van der Waals surface area contributed by atoms with Crippen LogP contribution >= 0.6 is 11.3 Å². The van der Waals surface area contributed by atoms with Crippen molar-refractivity contribution in [2.45, 2.75) is 32.4 Å². The third kappa shape index (κ3) is 6.94. The molecule has 0 aromatic carbocycles. The number of hydrogen-bond acceptors (Lipinski definition) is 10. The molecule has 4 aromatic rings. The first-order valence-electron chi connectivity index (χ1n) is 13.2. The summed E-state index contributed by atoms with van der Waals surface area (Å²) >= 11 is 0.792. The van der Waals surface area contributed by atoms with Gasteiger partial charge in [-0.3, -0.25) is 10.2 Å². The van der Waals surface area contributed by atoms with E-state index in [1.54, 1.807) is 6.07 Å². The summed E-state index contributed by atoms with van der Waals surface area (Å²) in [4.78, 5) is 38.7. The van der Waals surface area contributed by atoms with E-state index in [1.165, 1.54) is 18.5 Å². The Morgan fingerprint density at radius 2 is 1.98 bits per heavy atom. The summed E-state index contributed by atoms with van der Waals surface area (Å²) in [6.07, 6.45) is 1.11. The van der Waals surface area contributed by atoms with Gasteiger partial charge in [0.15, 0.2) is 5.69 Å². The van der Waals surface area contributed by atoms with Gasteiger partial charge in [-0.05, 0) is 44.5 Å². The van der Waals surface area contributed by atoms with E-state index in [0.717, 1.165) is 42.6 Å². The van der Waals surface area contributed by atoms with Crippen LogP contribution in [0.3, 0.4) is 0 Å². The number of rotatable bonds is 10.